The second kappa shape index (κ2) is 6.89. The second-order valence-corrected chi connectivity index (χ2v) is 6.96. The fourth-order valence-corrected chi connectivity index (χ4v) is 3.09. The highest BCUT2D eigenvalue weighted by molar-refractivity contribution is 6.31. The van der Waals surface area contributed by atoms with Gasteiger partial charge in [-0.3, -0.25) is 4.79 Å². The average Bonchev–Trinajstić information content (AvgIpc) is 3.08. The third-order valence-corrected chi connectivity index (χ3v) is 4.74. The Hall–Kier alpha value is -3.11. The number of carbonyl (C=O) groups is 1. The molecular formula is C22H17ClN2O2. The summed E-state index contributed by atoms with van der Waals surface area (Å²) in [5.74, 6) is 0.442. The first kappa shape index (κ1) is 17.3. The highest BCUT2D eigenvalue weighted by Gasteiger charge is 2.15. The number of nitrogens with one attached hydrogen (secondary N) is 1. The maximum Gasteiger partial charge on any atom is 0.255 e. The lowest BCUT2D eigenvalue weighted by Crippen LogP contribution is -2.12. The van der Waals surface area contributed by atoms with Gasteiger partial charge in [0.25, 0.3) is 5.91 Å². The molecule has 0 fully saturated rings. The molecule has 0 aliphatic carbocycles. The average molecular weight is 377 g/mol. The molecule has 0 bridgehead atoms. The van der Waals surface area contributed by atoms with Crippen LogP contribution in [0.3, 0.4) is 0 Å². The normalized spacial score (nSPS) is 10.9. The number of fused-ring (bicyclic) bond motifs is 1. The van der Waals surface area contributed by atoms with Gasteiger partial charge in [-0.05, 0) is 49.7 Å². The van der Waals surface area contributed by atoms with Crippen molar-refractivity contribution in [3.63, 3.8) is 0 Å². The topological polar surface area (TPSA) is 55.1 Å². The van der Waals surface area contributed by atoms with Crippen molar-refractivity contribution in [3.05, 3.63) is 82.4 Å². The minimum Gasteiger partial charge on any atom is -0.355 e. The smallest absolute Gasteiger partial charge is 0.255 e. The summed E-state index contributed by atoms with van der Waals surface area (Å²) in [7, 11) is 0. The van der Waals surface area contributed by atoms with E-state index in [0.29, 0.717) is 27.6 Å². The number of carbonyl (C=O) groups excluding carboxylic acids is 1. The van der Waals surface area contributed by atoms with Crippen LogP contribution in [0.25, 0.3) is 22.2 Å². The molecule has 0 saturated heterocycles. The molecule has 1 amide bonds. The number of rotatable bonds is 3. The number of hydrogen-bond donors (Lipinski definition) is 1. The second-order valence-electron chi connectivity index (χ2n) is 6.52. The Morgan fingerprint density at radius 2 is 1.78 bits per heavy atom. The summed E-state index contributed by atoms with van der Waals surface area (Å²) in [5, 5.41) is 8.40. The van der Waals surface area contributed by atoms with Crippen molar-refractivity contribution in [2.75, 3.05) is 5.32 Å². The minimum atomic E-state index is -0.210. The van der Waals surface area contributed by atoms with Gasteiger partial charge in [-0.2, -0.15) is 0 Å². The largest absolute Gasteiger partial charge is 0.355 e. The van der Waals surface area contributed by atoms with Crippen molar-refractivity contribution < 1.29 is 9.32 Å². The number of aromatic nitrogens is 1. The summed E-state index contributed by atoms with van der Waals surface area (Å²) in [6, 6.07) is 18.7. The highest BCUT2D eigenvalue weighted by Crippen LogP contribution is 2.30. The molecule has 4 aromatic rings. The van der Waals surface area contributed by atoms with E-state index in [1.807, 2.05) is 44.2 Å². The Morgan fingerprint density at radius 1 is 1.00 bits per heavy atom. The highest BCUT2D eigenvalue weighted by atomic mass is 35.5. The monoisotopic (exact) mass is 376 g/mol. The molecular weight excluding hydrogens is 360 g/mol. The molecule has 0 spiro atoms. The van der Waals surface area contributed by atoms with Crippen LogP contribution in [0.4, 0.5) is 5.69 Å². The fourth-order valence-electron chi connectivity index (χ4n) is 2.92. The van der Waals surface area contributed by atoms with Crippen molar-refractivity contribution in [2.24, 2.45) is 0 Å². The molecule has 1 N–H and O–H groups in total. The van der Waals surface area contributed by atoms with Gasteiger partial charge in [-0.25, -0.2) is 0 Å². The lowest BCUT2D eigenvalue weighted by atomic mass is 10.0. The zero-order chi connectivity index (χ0) is 19.0. The molecule has 27 heavy (non-hydrogen) atoms. The molecule has 4 rings (SSSR count). The van der Waals surface area contributed by atoms with E-state index in [-0.39, 0.29) is 5.91 Å². The molecule has 134 valence electrons. The first-order chi connectivity index (χ1) is 13.0. The van der Waals surface area contributed by atoms with Gasteiger partial charge in [0, 0.05) is 21.8 Å². The van der Waals surface area contributed by atoms with Crippen LogP contribution in [0.1, 0.15) is 21.5 Å². The zero-order valence-electron chi connectivity index (χ0n) is 14.9. The van der Waals surface area contributed by atoms with E-state index in [1.54, 1.807) is 30.3 Å². The minimum absolute atomic E-state index is 0.210. The van der Waals surface area contributed by atoms with Crippen molar-refractivity contribution in [3.8, 4) is 11.3 Å². The number of amides is 1. The Morgan fingerprint density at radius 3 is 2.56 bits per heavy atom. The zero-order valence-corrected chi connectivity index (χ0v) is 15.7. The van der Waals surface area contributed by atoms with E-state index in [0.717, 1.165) is 16.5 Å². The summed E-state index contributed by atoms with van der Waals surface area (Å²) >= 11 is 6.04. The predicted octanol–water partition coefficient (Wildman–Crippen LogP) is 6.02. The summed E-state index contributed by atoms with van der Waals surface area (Å²) < 4.78 is 5.53. The first-order valence-corrected chi connectivity index (χ1v) is 8.93. The summed E-state index contributed by atoms with van der Waals surface area (Å²) in [5.41, 5.74) is 4.96. The SMILES string of the molecule is Cc1ccc(-c2onc3ccc(C(=O)Nc4cc(Cl)ccc4C)cc23)cc1. The van der Waals surface area contributed by atoms with Crippen LogP contribution in [0, 0.1) is 13.8 Å². The van der Waals surface area contributed by atoms with Gasteiger partial charge in [0.2, 0.25) is 0 Å². The Balaban J connectivity index is 1.70. The maximum atomic E-state index is 12.7. The van der Waals surface area contributed by atoms with E-state index < -0.39 is 0 Å². The van der Waals surface area contributed by atoms with Crippen LogP contribution in [0.15, 0.2) is 65.2 Å². The quantitative estimate of drug-likeness (QED) is 0.475. The van der Waals surface area contributed by atoms with Gasteiger partial charge in [0.15, 0.2) is 5.76 Å². The van der Waals surface area contributed by atoms with E-state index >= 15 is 0 Å². The molecule has 0 radical (unpaired) electrons. The van der Waals surface area contributed by atoms with Crippen molar-refractivity contribution in [1.29, 1.82) is 0 Å². The molecule has 0 aliphatic rings. The molecule has 1 heterocycles. The van der Waals surface area contributed by atoms with Gasteiger partial charge in [-0.15, -0.1) is 0 Å². The van der Waals surface area contributed by atoms with Crippen LogP contribution in [-0.4, -0.2) is 11.1 Å². The van der Waals surface area contributed by atoms with Crippen LogP contribution < -0.4 is 5.32 Å². The number of aryl methyl sites for hydroxylation is 2. The lowest BCUT2D eigenvalue weighted by Gasteiger charge is -2.09. The molecule has 1 aromatic heterocycles. The fraction of sp³-hybridized carbons (Fsp3) is 0.0909. The van der Waals surface area contributed by atoms with Gasteiger partial charge in [0.1, 0.15) is 5.52 Å². The Kier molecular flexibility index (Phi) is 4.42. The number of halogens is 1. The molecule has 0 saturated carbocycles. The van der Waals surface area contributed by atoms with E-state index in [1.165, 1.54) is 5.56 Å². The van der Waals surface area contributed by atoms with E-state index in [4.69, 9.17) is 16.1 Å². The summed E-state index contributed by atoms with van der Waals surface area (Å²) in [6.45, 7) is 3.95. The summed E-state index contributed by atoms with van der Waals surface area (Å²) in [6.07, 6.45) is 0. The van der Waals surface area contributed by atoms with Crippen molar-refractivity contribution in [1.82, 2.24) is 5.16 Å². The van der Waals surface area contributed by atoms with E-state index in [2.05, 4.69) is 10.5 Å². The van der Waals surface area contributed by atoms with Gasteiger partial charge >= 0.3 is 0 Å². The van der Waals surface area contributed by atoms with Crippen molar-refractivity contribution >= 4 is 34.1 Å². The standard InChI is InChI=1S/C22H17ClN2O2/c1-13-3-6-15(7-4-13)21-18-11-16(8-10-19(18)25-27-21)22(26)24-20-12-17(23)9-5-14(20)2/h3-12H,1-2H3,(H,24,26). The van der Waals surface area contributed by atoms with Gasteiger partial charge < -0.3 is 9.84 Å². The van der Waals surface area contributed by atoms with Crippen LogP contribution in [0.5, 0.6) is 0 Å². The Labute approximate surface area is 161 Å². The van der Waals surface area contributed by atoms with E-state index in [9.17, 15) is 4.79 Å². The number of anilines is 1. The number of benzene rings is 3. The third-order valence-electron chi connectivity index (χ3n) is 4.50. The molecule has 0 atom stereocenters. The van der Waals surface area contributed by atoms with Gasteiger partial charge in [0.05, 0.1) is 5.39 Å². The maximum absolute atomic E-state index is 12.7. The van der Waals surface area contributed by atoms with Gasteiger partial charge in [-0.1, -0.05) is 52.7 Å². The van der Waals surface area contributed by atoms with Crippen LogP contribution >= 0.6 is 11.6 Å². The van der Waals surface area contributed by atoms with Crippen LogP contribution in [-0.2, 0) is 0 Å². The third kappa shape index (κ3) is 3.44. The number of hydrogen-bond acceptors (Lipinski definition) is 3. The van der Waals surface area contributed by atoms with Crippen molar-refractivity contribution in [2.45, 2.75) is 13.8 Å². The molecule has 3 aromatic carbocycles. The number of nitrogens with zero attached hydrogens (tertiary/aromatic N) is 1. The van der Waals surface area contributed by atoms with Crippen LogP contribution in [0.2, 0.25) is 5.02 Å². The lowest BCUT2D eigenvalue weighted by molar-refractivity contribution is 0.102. The predicted molar refractivity (Wildman–Crippen MR) is 108 cm³/mol. The molecule has 5 heteroatoms. The summed E-state index contributed by atoms with van der Waals surface area (Å²) in [4.78, 5) is 12.7. The molecule has 4 nitrogen and oxygen atoms in total. The molecule has 0 aliphatic heterocycles. The Bertz CT molecular complexity index is 1150. The molecule has 0 unspecified atom stereocenters. The first-order valence-electron chi connectivity index (χ1n) is 8.55.